The van der Waals surface area contributed by atoms with Crippen LogP contribution in [0.2, 0.25) is 5.02 Å². The van der Waals surface area contributed by atoms with Crippen LogP contribution in [0, 0.1) is 0 Å². The molecule has 0 amide bonds. The SMILES string of the molecule is O=S(=O)(Nc1cccc(CNCCOc2cccc3c2OCCO3)c1)c1ccc2cc(Cl)ccc2c1. The van der Waals surface area contributed by atoms with E-state index in [1.54, 1.807) is 42.5 Å². The van der Waals surface area contributed by atoms with Crippen molar-refractivity contribution in [2.24, 2.45) is 0 Å². The van der Waals surface area contributed by atoms with Gasteiger partial charge < -0.3 is 19.5 Å². The minimum Gasteiger partial charge on any atom is -0.488 e. The van der Waals surface area contributed by atoms with E-state index in [0.717, 1.165) is 16.3 Å². The maximum atomic E-state index is 13.0. The highest BCUT2D eigenvalue weighted by atomic mass is 35.5. The van der Waals surface area contributed by atoms with Gasteiger partial charge in [0.1, 0.15) is 19.8 Å². The van der Waals surface area contributed by atoms with Crippen LogP contribution >= 0.6 is 11.6 Å². The molecule has 0 unspecified atom stereocenters. The molecule has 4 aromatic rings. The van der Waals surface area contributed by atoms with Crippen LogP contribution in [0.4, 0.5) is 5.69 Å². The van der Waals surface area contributed by atoms with Crippen molar-refractivity contribution in [2.75, 3.05) is 31.1 Å². The van der Waals surface area contributed by atoms with Gasteiger partial charge in [0.05, 0.1) is 4.90 Å². The van der Waals surface area contributed by atoms with Crippen LogP contribution in [0.1, 0.15) is 5.56 Å². The van der Waals surface area contributed by atoms with Crippen molar-refractivity contribution in [1.82, 2.24) is 5.32 Å². The summed E-state index contributed by atoms with van der Waals surface area (Å²) in [7, 11) is -3.74. The summed E-state index contributed by atoms with van der Waals surface area (Å²) in [5.74, 6) is 1.99. The molecule has 0 aromatic heterocycles. The highest BCUT2D eigenvalue weighted by molar-refractivity contribution is 7.92. The van der Waals surface area contributed by atoms with E-state index < -0.39 is 10.0 Å². The Morgan fingerprint density at radius 1 is 0.889 bits per heavy atom. The lowest BCUT2D eigenvalue weighted by Gasteiger charge is -2.20. The second-order valence-corrected chi connectivity index (χ2v) is 10.4. The number of rotatable bonds is 9. The van der Waals surface area contributed by atoms with Gasteiger partial charge in [-0.15, -0.1) is 0 Å². The Bertz CT molecular complexity index is 1490. The van der Waals surface area contributed by atoms with Crippen molar-refractivity contribution in [2.45, 2.75) is 11.4 Å². The Labute approximate surface area is 215 Å². The number of hydrogen-bond donors (Lipinski definition) is 2. The quantitative estimate of drug-likeness (QED) is 0.291. The van der Waals surface area contributed by atoms with Gasteiger partial charge in [-0.1, -0.05) is 41.9 Å². The van der Waals surface area contributed by atoms with Gasteiger partial charge in [0.25, 0.3) is 10.0 Å². The van der Waals surface area contributed by atoms with Gasteiger partial charge in [0, 0.05) is 23.8 Å². The molecule has 0 aliphatic carbocycles. The lowest BCUT2D eigenvalue weighted by atomic mass is 10.1. The first-order valence-electron chi connectivity index (χ1n) is 11.5. The zero-order valence-corrected chi connectivity index (χ0v) is 20.9. The van der Waals surface area contributed by atoms with Crippen LogP contribution in [-0.4, -0.2) is 34.8 Å². The normalized spacial score (nSPS) is 12.9. The van der Waals surface area contributed by atoms with E-state index in [9.17, 15) is 8.42 Å². The van der Waals surface area contributed by atoms with Crippen LogP contribution in [-0.2, 0) is 16.6 Å². The molecule has 9 heteroatoms. The molecule has 0 atom stereocenters. The van der Waals surface area contributed by atoms with Crippen LogP contribution in [0.3, 0.4) is 0 Å². The van der Waals surface area contributed by atoms with Crippen molar-refractivity contribution in [3.63, 3.8) is 0 Å². The Kier molecular flexibility index (Phi) is 7.18. The molecule has 4 aromatic carbocycles. The van der Waals surface area contributed by atoms with E-state index in [4.69, 9.17) is 25.8 Å². The Hall–Kier alpha value is -3.46. The lowest BCUT2D eigenvalue weighted by molar-refractivity contribution is 0.162. The predicted octanol–water partition coefficient (Wildman–Crippen LogP) is 5.23. The van der Waals surface area contributed by atoms with Crippen LogP contribution in [0.15, 0.2) is 83.8 Å². The highest BCUT2D eigenvalue weighted by Crippen LogP contribution is 2.38. The average Bonchev–Trinajstić information content (AvgIpc) is 2.88. The number of benzene rings is 4. The second kappa shape index (κ2) is 10.7. The summed E-state index contributed by atoms with van der Waals surface area (Å²) >= 11 is 6.03. The third-order valence-corrected chi connectivity index (χ3v) is 7.27. The van der Waals surface area contributed by atoms with Gasteiger partial charge in [-0.2, -0.15) is 0 Å². The third-order valence-electron chi connectivity index (χ3n) is 5.66. The number of halogens is 1. The zero-order chi connectivity index (χ0) is 25.0. The zero-order valence-electron chi connectivity index (χ0n) is 19.4. The molecule has 0 bridgehead atoms. The minimum absolute atomic E-state index is 0.190. The second-order valence-electron chi connectivity index (χ2n) is 8.26. The van der Waals surface area contributed by atoms with Gasteiger partial charge in [-0.3, -0.25) is 4.72 Å². The van der Waals surface area contributed by atoms with E-state index in [1.165, 1.54) is 0 Å². The molecule has 2 N–H and O–H groups in total. The number of nitrogens with one attached hydrogen (secondary N) is 2. The molecule has 0 saturated carbocycles. The van der Waals surface area contributed by atoms with Crippen LogP contribution in [0.25, 0.3) is 10.8 Å². The third kappa shape index (κ3) is 5.67. The largest absolute Gasteiger partial charge is 0.488 e. The number of para-hydroxylation sites is 1. The van der Waals surface area contributed by atoms with Gasteiger partial charge in [0.15, 0.2) is 11.5 Å². The molecule has 5 rings (SSSR count). The molecule has 0 fully saturated rings. The summed E-state index contributed by atoms with van der Waals surface area (Å²) in [6.07, 6.45) is 0. The first kappa shape index (κ1) is 24.2. The van der Waals surface area contributed by atoms with Gasteiger partial charge in [0.2, 0.25) is 5.75 Å². The highest BCUT2D eigenvalue weighted by Gasteiger charge is 2.17. The lowest BCUT2D eigenvalue weighted by Crippen LogP contribution is -2.21. The first-order valence-corrected chi connectivity index (χ1v) is 13.4. The summed E-state index contributed by atoms with van der Waals surface area (Å²) in [6, 6.07) is 23.2. The molecule has 1 heterocycles. The fourth-order valence-electron chi connectivity index (χ4n) is 3.95. The van der Waals surface area contributed by atoms with Gasteiger partial charge >= 0.3 is 0 Å². The summed E-state index contributed by atoms with van der Waals surface area (Å²) in [5, 5.41) is 5.60. The van der Waals surface area contributed by atoms with E-state index >= 15 is 0 Å². The number of sulfonamides is 1. The van der Waals surface area contributed by atoms with Crippen molar-refractivity contribution >= 4 is 38.1 Å². The van der Waals surface area contributed by atoms with E-state index in [1.807, 2.05) is 36.4 Å². The molecular formula is C27H25ClN2O5S. The average molecular weight is 525 g/mol. The Morgan fingerprint density at radius 2 is 1.69 bits per heavy atom. The molecule has 36 heavy (non-hydrogen) atoms. The fraction of sp³-hybridized carbons (Fsp3) is 0.185. The van der Waals surface area contributed by atoms with Crippen molar-refractivity contribution in [3.8, 4) is 17.2 Å². The molecular weight excluding hydrogens is 500 g/mol. The predicted molar refractivity (Wildman–Crippen MR) is 141 cm³/mol. The Morgan fingerprint density at radius 3 is 2.61 bits per heavy atom. The van der Waals surface area contributed by atoms with Crippen LogP contribution in [0.5, 0.6) is 17.2 Å². The molecule has 186 valence electrons. The van der Waals surface area contributed by atoms with Crippen molar-refractivity contribution in [3.05, 3.63) is 89.4 Å². The van der Waals surface area contributed by atoms with Gasteiger partial charge in [-0.25, -0.2) is 8.42 Å². The Balaban J connectivity index is 1.16. The number of anilines is 1. The molecule has 0 saturated heterocycles. The van der Waals surface area contributed by atoms with Crippen molar-refractivity contribution in [1.29, 1.82) is 0 Å². The molecule has 1 aliphatic rings. The van der Waals surface area contributed by atoms with E-state index in [-0.39, 0.29) is 4.90 Å². The minimum atomic E-state index is -3.74. The number of ether oxygens (including phenoxy) is 3. The number of fused-ring (bicyclic) bond motifs is 2. The summed E-state index contributed by atoms with van der Waals surface area (Å²) in [4.78, 5) is 0.190. The topological polar surface area (TPSA) is 85.9 Å². The monoisotopic (exact) mass is 524 g/mol. The molecule has 7 nitrogen and oxygen atoms in total. The van der Waals surface area contributed by atoms with Crippen molar-refractivity contribution < 1.29 is 22.6 Å². The maximum absolute atomic E-state index is 13.0. The van der Waals surface area contributed by atoms with Crippen LogP contribution < -0.4 is 24.2 Å². The maximum Gasteiger partial charge on any atom is 0.261 e. The first-order chi connectivity index (χ1) is 17.5. The van der Waals surface area contributed by atoms with Gasteiger partial charge in [-0.05, 0) is 64.9 Å². The summed E-state index contributed by atoms with van der Waals surface area (Å²) < 4.78 is 45.7. The van der Waals surface area contributed by atoms with E-state index in [2.05, 4.69) is 10.0 Å². The molecule has 1 aliphatic heterocycles. The summed E-state index contributed by atoms with van der Waals surface area (Å²) in [6.45, 7) is 2.63. The smallest absolute Gasteiger partial charge is 0.261 e. The van der Waals surface area contributed by atoms with E-state index in [0.29, 0.717) is 60.9 Å². The standard InChI is InChI=1S/C27H25ClN2O5S/c28-22-9-7-21-17-24(10-8-20(21)16-22)36(31,32)30-23-4-1-3-19(15-23)18-29-11-12-33-25-5-2-6-26-27(25)35-14-13-34-26/h1-10,15-17,29-30H,11-14,18H2. The molecule has 0 spiro atoms. The summed E-state index contributed by atoms with van der Waals surface area (Å²) in [5.41, 5.74) is 1.44. The molecule has 0 radical (unpaired) electrons. The fourth-order valence-corrected chi connectivity index (χ4v) is 5.21. The number of hydrogen-bond acceptors (Lipinski definition) is 6.